The van der Waals surface area contributed by atoms with E-state index in [1.54, 1.807) is 30.0 Å². The van der Waals surface area contributed by atoms with Gasteiger partial charge in [0.2, 0.25) is 0 Å². The van der Waals surface area contributed by atoms with Crippen LogP contribution >= 0.6 is 22.9 Å². The maximum Gasteiger partial charge on any atom is 0.338 e. The van der Waals surface area contributed by atoms with Crippen LogP contribution in [0.25, 0.3) is 5.57 Å². The number of esters is 1. The van der Waals surface area contributed by atoms with E-state index in [9.17, 15) is 14.4 Å². The third-order valence-electron chi connectivity index (χ3n) is 7.69. The van der Waals surface area contributed by atoms with Gasteiger partial charge >= 0.3 is 5.97 Å². The number of allylic oxidation sites excluding steroid dienone is 1. The fourth-order valence-corrected chi connectivity index (χ4v) is 7.10. The van der Waals surface area contributed by atoms with Gasteiger partial charge in [0.05, 0.1) is 42.8 Å². The Bertz CT molecular complexity index is 2000. The zero-order valence-electron chi connectivity index (χ0n) is 24.5. The summed E-state index contributed by atoms with van der Waals surface area (Å²) in [7, 11) is 1.52. The zero-order valence-corrected chi connectivity index (χ0v) is 26.1. The Morgan fingerprint density at radius 2 is 1.77 bits per heavy atom. The molecule has 1 aromatic heterocycles. The van der Waals surface area contributed by atoms with E-state index < -0.39 is 17.6 Å². The molecule has 0 radical (unpaired) electrons. The van der Waals surface area contributed by atoms with E-state index in [-0.39, 0.29) is 22.6 Å². The van der Waals surface area contributed by atoms with Crippen LogP contribution < -0.4 is 24.5 Å². The molecule has 8 nitrogen and oxygen atoms in total. The second-order valence-electron chi connectivity index (χ2n) is 10.4. The highest BCUT2D eigenvalue weighted by Crippen LogP contribution is 2.39. The normalized spacial score (nSPS) is 16.9. The molecule has 6 rings (SSSR count). The SMILES string of the molecule is CCCC1=C(C(=O)OCC)[C@@H](c2cc(Cl)ccc2OC)n2c(s/c(=C3/C(=O)N(Cc4ccccc4)c4ccccc43)c2=O)=N1. The summed E-state index contributed by atoms with van der Waals surface area (Å²) >= 11 is 7.61. The molecule has 0 spiro atoms. The van der Waals surface area contributed by atoms with E-state index >= 15 is 0 Å². The van der Waals surface area contributed by atoms with Gasteiger partial charge in [-0.2, -0.15) is 0 Å². The van der Waals surface area contributed by atoms with E-state index in [4.69, 9.17) is 26.1 Å². The van der Waals surface area contributed by atoms with E-state index in [1.807, 2.05) is 61.5 Å². The van der Waals surface area contributed by atoms with Crippen LogP contribution in [-0.4, -0.2) is 30.2 Å². The van der Waals surface area contributed by atoms with Gasteiger partial charge in [-0.15, -0.1) is 0 Å². The topological polar surface area (TPSA) is 90.2 Å². The summed E-state index contributed by atoms with van der Waals surface area (Å²) in [5.74, 6) is -0.384. The first-order valence-corrected chi connectivity index (χ1v) is 15.6. The minimum atomic E-state index is -0.929. The summed E-state index contributed by atoms with van der Waals surface area (Å²) in [6.07, 6.45) is 1.19. The molecule has 0 bridgehead atoms. The van der Waals surface area contributed by atoms with Gasteiger partial charge in [0, 0.05) is 16.1 Å². The van der Waals surface area contributed by atoms with Crippen LogP contribution in [0, 0.1) is 0 Å². The lowest BCUT2D eigenvalue weighted by Gasteiger charge is -2.27. The van der Waals surface area contributed by atoms with Gasteiger partial charge in [0.15, 0.2) is 4.80 Å². The minimum absolute atomic E-state index is 0.151. The van der Waals surface area contributed by atoms with Crippen molar-refractivity contribution in [1.82, 2.24) is 4.57 Å². The van der Waals surface area contributed by atoms with Crippen molar-refractivity contribution in [1.29, 1.82) is 0 Å². The molecular formula is C34H30ClN3O5S. The number of fused-ring (bicyclic) bond motifs is 2. The Labute approximate surface area is 263 Å². The summed E-state index contributed by atoms with van der Waals surface area (Å²) in [5, 5.41) is 0.416. The lowest BCUT2D eigenvalue weighted by Crippen LogP contribution is -2.41. The largest absolute Gasteiger partial charge is 0.496 e. The lowest BCUT2D eigenvalue weighted by atomic mass is 9.93. The van der Waals surface area contributed by atoms with Gasteiger partial charge in [0.1, 0.15) is 16.3 Å². The van der Waals surface area contributed by atoms with Crippen molar-refractivity contribution in [3.05, 3.63) is 125 Å². The molecule has 0 saturated carbocycles. The number of anilines is 1. The smallest absolute Gasteiger partial charge is 0.338 e. The van der Waals surface area contributed by atoms with Crippen LogP contribution in [0.5, 0.6) is 5.75 Å². The van der Waals surface area contributed by atoms with Crippen molar-refractivity contribution < 1.29 is 19.1 Å². The van der Waals surface area contributed by atoms with Crippen molar-refractivity contribution >= 4 is 46.1 Å². The number of thiazole rings is 1. The molecule has 0 aliphatic carbocycles. The molecule has 10 heteroatoms. The van der Waals surface area contributed by atoms with Crippen LogP contribution in [0.2, 0.25) is 5.02 Å². The van der Waals surface area contributed by atoms with Gasteiger partial charge in [0.25, 0.3) is 11.5 Å². The number of carbonyl (C=O) groups is 2. The molecule has 2 aliphatic heterocycles. The molecule has 224 valence electrons. The third kappa shape index (κ3) is 5.06. The summed E-state index contributed by atoms with van der Waals surface area (Å²) in [6, 6.07) is 21.3. The van der Waals surface area contributed by atoms with Crippen LogP contribution in [0.3, 0.4) is 0 Å². The Morgan fingerprint density at radius 1 is 1.02 bits per heavy atom. The van der Waals surface area contributed by atoms with Gasteiger partial charge in [-0.05, 0) is 43.2 Å². The Kier molecular flexibility index (Phi) is 8.25. The number of halogens is 1. The van der Waals surface area contributed by atoms with Crippen LogP contribution in [0.1, 0.15) is 49.4 Å². The second-order valence-corrected chi connectivity index (χ2v) is 11.8. The first-order valence-electron chi connectivity index (χ1n) is 14.4. The van der Waals surface area contributed by atoms with E-state index in [0.717, 1.165) is 22.6 Å². The van der Waals surface area contributed by atoms with Crippen LogP contribution in [-0.2, 0) is 20.9 Å². The maximum absolute atomic E-state index is 14.6. The van der Waals surface area contributed by atoms with E-state index in [2.05, 4.69) is 0 Å². The van der Waals surface area contributed by atoms with Crippen molar-refractivity contribution in [2.45, 2.75) is 39.3 Å². The molecule has 44 heavy (non-hydrogen) atoms. The summed E-state index contributed by atoms with van der Waals surface area (Å²) in [4.78, 5) is 49.2. The third-order valence-corrected chi connectivity index (χ3v) is 8.98. The number of ether oxygens (including phenoxy) is 2. The number of hydrogen-bond donors (Lipinski definition) is 0. The number of hydrogen-bond acceptors (Lipinski definition) is 7. The van der Waals surface area contributed by atoms with Crippen molar-refractivity contribution in [3.63, 3.8) is 0 Å². The molecule has 0 saturated heterocycles. The highest BCUT2D eigenvalue weighted by atomic mass is 35.5. The number of methoxy groups -OCH3 is 1. The molecule has 0 N–H and O–H groups in total. The molecule has 2 aliphatic rings. The Morgan fingerprint density at radius 3 is 2.50 bits per heavy atom. The first kappa shape index (κ1) is 29.6. The molecule has 1 amide bonds. The summed E-state index contributed by atoms with van der Waals surface area (Å²) in [5.41, 5.74) is 3.56. The number of rotatable bonds is 8. The van der Waals surface area contributed by atoms with Crippen molar-refractivity contribution in [2.24, 2.45) is 4.99 Å². The number of para-hydroxylation sites is 1. The maximum atomic E-state index is 14.6. The zero-order chi connectivity index (χ0) is 31.0. The molecule has 0 fully saturated rings. The standard InChI is InChI=1S/C34H30ClN3O5S/c1-4-11-24-28(33(41)43-5-2)29(23-18-21(35)16-17-26(23)42-3)38-32(40)30(44-34(38)36-24)27-22-14-9-10-15-25(22)37(31(27)39)19-20-12-7-6-8-13-20/h6-10,12-18,29H,4-5,11,19H2,1-3H3/b30-27+/t29-/m1/s1. The van der Waals surface area contributed by atoms with Gasteiger partial charge in [-0.25, -0.2) is 9.79 Å². The number of aromatic nitrogens is 1. The van der Waals surface area contributed by atoms with Gasteiger partial charge < -0.3 is 14.4 Å². The van der Waals surface area contributed by atoms with E-state index in [1.165, 1.54) is 11.7 Å². The number of amides is 1. The number of benzene rings is 3. The molecule has 1 atom stereocenters. The second kappa shape index (κ2) is 12.3. The molecular weight excluding hydrogens is 598 g/mol. The Hall–Kier alpha value is -4.47. The van der Waals surface area contributed by atoms with E-state index in [0.29, 0.717) is 57.4 Å². The molecule has 4 aromatic rings. The monoisotopic (exact) mass is 627 g/mol. The van der Waals surface area contributed by atoms with Crippen molar-refractivity contribution in [3.8, 4) is 5.75 Å². The highest BCUT2D eigenvalue weighted by molar-refractivity contribution is 7.07. The predicted molar refractivity (Wildman–Crippen MR) is 171 cm³/mol. The lowest BCUT2D eigenvalue weighted by molar-refractivity contribution is -0.139. The number of carbonyl (C=O) groups excluding carboxylic acids is 2. The van der Waals surface area contributed by atoms with Crippen molar-refractivity contribution in [2.75, 3.05) is 18.6 Å². The summed E-state index contributed by atoms with van der Waals surface area (Å²) in [6.45, 7) is 4.23. The fraction of sp³-hybridized carbons (Fsp3) is 0.235. The van der Waals surface area contributed by atoms with Gasteiger partial charge in [-0.3, -0.25) is 14.2 Å². The predicted octanol–water partition coefficient (Wildman–Crippen LogP) is 5.16. The average molecular weight is 628 g/mol. The highest BCUT2D eigenvalue weighted by Gasteiger charge is 2.38. The molecule has 3 aromatic carbocycles. The quantitative estimate of drug-likeness (QED) is 0.252. The Balaban J connectivity index is 1.64. The number of nitrogens with zero attached hydrogens (tertiary/aromatic N) is 3. The van der Waals surface area contributed by atoms with Crippen LogP contribution in [0.4, 0.5) is 5.69 Å². The molecule has 3 heterocycles. The minimum Gasteiger partial charge on any atom is -0.496 e. The fourth-order valence-electron chi connectivity index (χ4n) is 5.81. The summed E-state index contributed by atoms with van der Waals surface area (Å²) < 4.78 is 12.9. The van der Waals surface area contributed by atoms with Crippen LogP contribution in [0.15, 0.2) is 93.9 Å². The molecule has 0 unspecified atom stereocenters. The van der Waals surface area contributed by atoms with Gasteiger partial charge in [-0.1, -0.05) is 84.8 Å². The first-order chi connectivity index (χ1) is 21.4. The average Bonchev–Trinajstić information content (AvgIpc) is 3.49.